The molecule has 0 aliphatic carbocycles. The van der Waals surface area contributed by atoms with Crippen molar-refractivity contribution >= 4 is 32.4 Å². The van der Waals surface area contributed by atoms with Crippen molar-refractivity contribution < 1.29 is 8.78 Å². The summed E-state index contributed by atoms with van der Waals surface area (Å²) in [6.07, 6.45) is 2.39. The van der Waals surface area contributed by atoms with E-state index in [0.29, 0.717) is 18.8 Å². The summed E-state index contributed by atoms with van der Waals surface area (Å²) < 4.78 is 26.7. The highest BCUT2D eigenvalue weighted by Gasteiger charge is 2.21. The van der Waals surface area contributed by atoms with Gasteiger partial charge in [-0.05, 0) is 6.07 Å². The van der Waals surface area contributed by atoms with E-state index in [2.05, 4.69) is 20.0 Å². The van der Waals surface area contributed by atoms with Gasteiger partial charge in [-0.3, -0.25) is 9.78 Å². The monoisotopic (exact) mass is 378 g/mol. The quantitative estimate of drug-likeness (QED) is 0.690. The van der Waals surface area contributed by atoms with Crippen molar-refractivity contribution in [3.63, 3.8) is 0 Å². The second-order valence-corrected chi connectivity index (χ2v) is 6.95. The number of fused-ring (bicyclic) bond motifs is 1. The van der Waals surface area contributed by atoms with E-state index in [1.165, 1.54) is 12.3 Å². The highest BCUT2D eigenvalue weighted by atomic mass is 32.1. The maximum Gasteiger partial charge on any atom is 0.269 e. The molecule has 0 aromatic carbocycles. The fraction of sp³-hybridized carbons (Fsp3) is 0.375. The Morgan fingerprint density at radius 2 is 1.92 bits per heavy atom. The number of rotatable bonds is 4. The van der Waals surface area contributed by atoms with E-state index in [9.17, 15) is 13.6 Å². The minimum Gasteiger partial charge on any atom is -0.367 e. The molecule has 3 aromatic rings. The number of hydrogen-bond acceptors (Lipinski definition) is 7. The Labute approximate surface area is 151 Å². The Morgan fingerprint density at radius 1 is 1.15 bits per heavy atom. The Bertz CT molecular complexity index is 934. The molecule has 1 aliphatic heterocycles. The predicted molar refractivity (Wildman–Crippen MR) is 96.3 cm³/mol. The maximum atomic E-state index is 12.4. The predicted octanol–water partition coefficient (Wildman–Crippen LogP) is 1.84. The van der Waals surface area contributed by atoms with Gasteiger partial charge in [0, 0.05) is 38.4 Å². The van der Waals surface area contributed by atoms with Crippen LogP contribution in [0.25, 0.3) is 10.2 Å². The Morgan fingerprint density at radius 3 is 2.62 bits per heavy atom. The van der Waals surface area contributed by atoms with Crippen molar-refractivity contribution in [2.45, 2.75) is 13.0 Å². The Balaban J connectivity index is 1.44. The second-order valence-electron chi connectivity index (χ2n) is 5.94. The van der Waals surface area contributed by atoms with Crippen LogP contribution in [0.4, 0.5) is 19.6 Å². The van der Waals surface area contributed by atoms with Gasteiger partial charge < -0.3 is 9.80 Å². The molecule has 0 radical (unpaired) electrons. The third-order valence-electron chi connectivity index (χ3n) is 4.26. The number of piperazine rings is 1. The van der Waals surface area contributed by atoms with Crippen molar-refractivity contribution in [3.05, 3.63) is 41.1 Å². The summed E-state index contributed by atoms with van der Waals surface area (Å²) in [4.78, 5) is 24.9. The van der Waals surface area contributed by atoms with Gasteiger partial charge in [0.15, 0.2) is 5.13 Å². The van der Waals surface area contributed by atoms with Crippen molar-refractivity contribution in [2.75, 3.05) is 36.0 Å². The van der Waals surface area contributed by atoms with Gasteiger partial charge in [0.1, 0.15) is 12.1 Å². The summed E-state index contributed by atoms with van der Waals surface area (Å²) in [5.74, 6) is 0. The topological polar surface area (TPSA) is 67.2 Å². The molecule has 0 bridgehead atoms. The zero-order valence-corrected chi connectivity index (χ0v) is 14.6. The molecule has 0 atom stereocenters. The first-order chi connectivity index (χ1) is 12.6. The van der Waals surface area contributed by atoms with E-state index in [4.69, 9.17) is 0 Å². The molecular formula is C16H16F2N6OS. The molecule has 4 rings (SSSR count). The van der Waals surface area contributed by atoms with E-state index < -0.39 is 18.5 Å². The molecule has 136 valence electrons. The molecule has 4 heterocycles. The molecule has 0 amide bonds. The third kappa shape index (κ3) is 3.36. The van der Waals surface area contributed by atoms with Crippen LogP contribution in [0, 0.1) is 0 Å². The second kappa shape index (κ2) is 6.94. The van der Waals surface area contributed by atoms with E-state index in [-0.39, 0.29) is 0 Å². The van der Waals surface area contributed by atoms with Crippen LogP contribution in [0.5, 0.6) is 0 Å². The van der Waals surface area contributed by atoms with Crippen LogP contribution in [-0.4, -0.2) is 52.4 Å². The first kappa shape index (κ1) is 16.8. The van der Waals surface area contributed by atoms with Crippen LogP contribution in [0.2, 0.25) is 0 Å². The lowest BCUT2D eigenvalue weighted by Crippen LogP contribution is -2.47. The zero-order chi connectivity index (χ0) is 18.1. The standard InChI is InChI=1S/C16H16F2N6OS/c17-14(18)10-24-15(25)7-11(8-20-24)22-3-5-23(6-4-22)16-21-12-9-19-2-1-13(12)26-16/h1-2,7-9,14H,3-6,10H2. The van der Waals surface area contributed by atoms with Crippen molar-refractivity contribution in [2.24, 2.45) is 0 Å². The first-order valence-electron chi connectivity index (χ1n) is 8.16. The minimum atomic E-state index is -2.60. The summed E-state index contributed by atoms with van der Waals surface area (Å²) in [5, 5.41) is 4.81. The van der Waals surface area contributed by atoms with E-state index in [1.54, 1.807) is 23.7 Å². The normalized spacial score (nSPS) is 15.2. The zero-order valence-electron chi connectivity index (χ0n) is 13.8. The van der Waals surface area contributed by atoms with Gasteiger partial charge >= 0.3 is 0 Å². The fourth-order valence-corrected chi connectivity index (χ4v) is 3.91. The molecule has 7 nitrogen and oxygen atoms in total. The molecule has 1 aliphatic rings. The van der Waals surface area contributed by atoms with E-state index in [1.807, 2.05) is 11.0 Å². The first-order valence-corrected chi connectivity index (χ1v) is 8.97. The molecule has 3 aromatic heterocycles. The average Bonchev–Trinajstić information content (AvgIpc) is 3.07. The Kier molecular flexibility index (Phi) is 4.49. The van der Waals surface area contributed by atoms with Gasteiger partial charge in [0.2, 0.25) is 0 Å². The summed E-state index contributed by atoms with van der Waals surface area (Å²) in [5.41, 5.74) is 1.04. The lowest BCUT2D eigenvalue weighted by atomic mass is 10.3. The van der Waals surface area contributed by atoms with Crippen molar-refractivity contribution in [1.29, 1.82) is 0 Å². The highest BCUT2D eigenvalue weighted by molar-refractivity contribution is 7.22. The lowest BCUT2D eigenvalue weighted by Gasteiger charge is -2.35. The van der Waals surface area contributed by atoms with Crippen LogP contribution in [0.15, 0.2) is 35.5 Å². The van der Waals surface area contributed by atoms with Gasteiger partial charge in [-0.2, -0.15) is 5.10 Å². The smallest absolute Gasteiger partial charge is 0.269 e. The SMILES string of the molecule is O=c1cc(N2CCN(c3nc4cnccc4s3)CC2)cnn1CC(F)F. The van der Waals surface area contributed by atoms with E-state index in [0.717, 1.165) is 33.1 Å². The largest absolute Gasteiger partial charge is 0.367 e. The van der Waals surface area contributed by atoms with Crippen LogP contribution in [0.1, 0.15) is 0 Å². The maximum absolute atomic E-state index is 12.4. The summed E-state index contributed by atoms with van der Waals surface area (Å²) >= 11 is 1.63. The number of aromatic nitrogens is 4. The van der Waals surface area contributed by atoms with Crippen molar-refractivity contribution in [3.8, 4) is 0 Å². The number of halogens is 2. The molecule has 26 heavy (non-hydrogen) atoms. The molecule has 0 unspecified atom stereocenters. The lowest BCUT2D eigenvalue weighted by molar-refractivity contribution is 0.119. The minimum absolute atomic E-state index is 0.510. The number of hydrogen-bond donors (Lipinski definition) is 0. The number of alkyl halides is 2. The molecule has 1 fully saturated rings. The fourth-order valence-electron chi connectivity index (χ4n) is 2.92. The number of pyridine rings is 1. The van der Waals surface area contributed by atoms with Gasteiger partial charge in [-0.1, -0.05) is 11.3 Å². The molecule has 0 N–H and O–H groups in total. The molecule has 1 saturated heterocycles. The summed E-state index contributed by atoms with van der Waals surface area (Å²) in [6.45, 7) is 2.24. The van der Waals surface area contributed by atoms with Gasteiger partial charge in [0.25, 0.3) is 12.0 Å². The molecule has 10 heteroatoms. The number of nitrogens with zero attached hydrogens (tertiary/aromatic N) is 6. The van der Waals surface area contributed by atoms with Crippen molar-refractivity contribution in [1.82, 2.24) is 19.7 Å². The summed E-state index contributed by atoms with van der Waals surface area (Å²) in [7, 11) is 0. The molecular weight excluding hydrogens is 362 g/mol. The summed E-state index contributed by atoms with van der Waals surface area (Å²) in [6, 6.07) is 3.32. The average molecular weight is 378 g/mol. The van der Waals surface area contributed by atoms with Gasteiger partial charge in [-0.15, -0.1) is 0 Å². The number of thiazole rings is 1. The van der Waals surface area contributed by atoms with Crippen LogP contribution < -0.4 is 15.4 Å². The number of anilines is 2. The van der Waals surface area contributed by atoms with E-state index >= 15 is 0 Å². The van der Waals surface area contributed by atoms with Crippen LogP contribution in [0.3, 0.4) is 0 Å². The highest BCUT2D eigenvalue weighted by Crippen LogP contribution is 2.29. The molecule has 0 spiro atoms. The van der Waals surface area contributed by atoms with Gasteiger partial charge in [0.05, 0.1) is 22.8 Å². The molecule has 0 saturated carbocycles. The Hall–Kier alpha value is -2.62. The third-order valence-corrected chi connectivity index (χ3v) is 5.36. The van der Waals surface area contributed by atoms with Gasteiger partial charge in [-0.25, -0.2) is 18.4 Å². The van der Waals surface area contributed by atoms with Crippen LogP contribution in [-0.2, 0) is 6.54 Å². The van der Waals surface area contributed by atoms with Crippen LogP contribution >= 0.6 is 11.3 Å².